The van der Waals surface area contributed by atoms with E-state index in [1.165, 1.54) is 4.90 Å². The standard InChI is InChI=1S/C30H30N2O5/c33-28(34)18-32(17-20-9-2-1-3-10-20)29(35)25-15-8-16-27(25)31-30(36)37-19-26-23-13-6-4-11-21(23)22-12-5-7-14-24(22)26/h1-7,9-14,25-27H,8,15-19H2,(H,31,36)(H,33,34). The predicted molar refractivity (Wildman–Crippen MR) is 139 cm³/mol. The van der Waals surface area contributed by atoms with Crippen LogP contribution in [0.25, 0.3) is 11.1 Å². The number of rotatable bonds is 8. The average Bonchev–Trinajstić information content (AvgIpc) is 3.49. The van der Waals surface area contributed by atoms with Gasteiger partial charge in [0.25, 0.3) is 0 Å². The third-order valence-corrected chi connectivity index (χ3v) is 7.33. The Morgan fingerprint density at radius 1 is 0.865 bits per heavy atom. The maximum atomic E-state index is 13.4. The predicted octanol–water partition coefficient (Wildman–Crippen LogP) is 4.81. The summed E-state index contributed by atoms with van der Waals surface area (Å²) in [5, 5.41) is 12.3. The van der Waals surface area contributed by atoms with E-state index in [-0.39, 0.29) is 31.5 Å². The van der Waals surface area contributed by atoms with Crippen molar-refractivity contribution in [2.45, 2.75) is 37.8 Å². The number of hydrogen-bond donors (Lipinski definition) is 2. The number of carbonyl (C=O) groups excluding carboxylic acids is 2. The number of carbonyl (C=O) groups is 3. The van der Waals surface area contributed by atoms with Crippen LogP contribution in [0.5, 0.6) is 0 Å². The molecule has 0 aromatic heterocycles. The van der Waals surface area contributed by atoms with Gasteiger partial charge in [0, 0.05) is 18.5 Å². The van der Waals surface area contributed by atoms with Crippen molar-refractivity contribution in [2.24, 2.45) is 5.92 Å². The van der Waals surface area contributed by atoms with Crippen molar-refractivity contribution < 1.29 is 24.2 Å². The maximum absolute atomic E-state index is 13.4. The largest absolute Gasteiger partial charge is 0.480 e. The molecule has 0 heterocycles. The van der Waals surface area contributed by atoms with E-state index in [0.29, 0.717) is 12.8 Å². The summed E-state index contributed by atoms with van der Waals surface area (Å²) in [4.78, 5) is 39.1. The Balaban J connectivity index is 1.23. The van der Waals surface area contributed by atoms with Crippen LogP contribution in [-0.4, -0.2) is 47.2 Å². The molecule has 1 fully saturated rings. The highest BCUT2D eigenvalue weighted by molar-refractivity contribution is 5.84. The van der Waals surface area contributed by atoms with Crippen molar-refractivity contribution in [2.75, 3.05) is 13.2 Å². The molecule has 2 aliphatic carbocycles. The Labute approximate surface area is 216 Å². The van der Waals surface area contributed by atoms with Crippen LogP contribution in [0.3, 0.4) is 0 Å². The van der Waals surface area contributed by atoms with Crippen molar-refractivity contribution in [3.63, 3.8) is 0 Å². The third-order valence-electron chi connectivity index (χ3n) is 7.33. The zero-order chi connectivity index (χ0) is 25.8. The van der Waals surface area contributed by atoms with E-state index < -0.39 is 24.0 Å². The topological polar surface area (TPSA) is 95.9 Å². The Bertz CT molecular complexity index is 1250. The average molecular weight is 499 g/mol. The van der Waals surface area contributed by atoms with Gasteiger partial charge in [-0.25, -0.2) is 4.79 Å². The molecule has 0 radical (unpaired) electrons. The van der Waals surface area contributed by atoms with Crippen LogP contribution in [0.4, 0.5) is 4.79 Å². The molecule has 0 spiro atoms. The summed E-state index contributed by atoms with van der Waals surface area (Å²) in [5.41, 5.74) is 5.44. The van der Waals surface area contributed by atoms with Gasteiger partial charge in [-0.05, 0) is 40.7 Å². The summed E-state index contributed by atoms with van der Waals surface area (Å²) in [6.07, 6.45) is 1.46. The number of hydrogen-bond acceptors (Lipinski definition) is 4. The fourth-order valence-corrected chi connectivity index (χ4v) is 5.63. The van der Waals surface area contributed by atoms with Gasteiger partial charge in [0.15, 0.2) is 0 Å². The Morgan fingerprint density at radius 3 is 2.14 bits per heavy atom. The molecule has 5 rings (SSSR count). The second-order valence-electron chi connectivity index (χ2n) is 9.69. The van der Waals surface area contributed by atoms with E-state index in [4.69, 9.17) is 4.74 Å². The van der Waals surface area contributed by atoms with E-state index in [0.717, 1.165) is 34.2 Å². The molecule has 2 aliphatic rings. The van der Waals surface area contributed by atoms with Crippen molar-refractivity contribution in [1.82, 2.24) is 10.2 Å². The van der Waals surface area contributed by atoms with Crippen molar-refractivity contribution in [3.8, 4) is 11.1 Å². The second-order valence-corrected chi connectivity index (χ2v) is 9.69. The summed E-state index contributed by atoms with van der Waals surface area (Å²) in [7, 11) is 0. The smallest absolute Gasteiger partial charge is 0.407 e. The number of benzene rings is 3. The fourth-order valence-electron chi connectivity index (χ4n) is 5.63. The fraction of sp³-hybridized carbons (Fsp3) is 0.300. The van der Waals surface area contributed by atoms with Gasteiger partial charge < -0.3 is 20.1 Å². The van der Waals surface area contributed by atoms with Gasteiger partial charge in [-0.15, -0.1) is 0 Å². The number of aliphatic carboxylic acids is 1. The third kappa shape index (κ3) is 5.35. The van der Waals surface area contributed by atoms with Crippen LogP contribution in [0.15, 0.2) is 78.9 Å². The molecule has 190 valence electrons. The number of nitrogens with zero attached hydrogens (tertiary/aromatic N) is 1. The molecule has 7 nitrogen and oxygen atoms in total. The number of ether oxygens (including phenoxy) is 1. The molecule has 2 unspecified atom stereocenters. The molecule has 2 atom stereocenters. The highest BCUT2D eigenvalue weighted by atomic mass is 16.5. The van der Waals surface area contributed by atoms with Gasteiger partial charge in [-0.1, -0.05) is 85.3 Å². The molecule has 2 amide bonds. The van der Waals surface area contributed by atoms with Gasteiger partial charge >= 0.3 is 12.1 Å². The summed E-state index contributed by atoms with van der Waals surface area (Å²) >= 11 is 0. The molecule has 0 bridgehead atoms. The van der Waals surface area contributed by atoms with Crippen LogP contribution >= 0.6 is 0 Å². The lowest BCUT2D eigenvalue weighted by Crippen LogP contribution is -2.47. The molecule has 7 heteroatoms. The highest BCUT2D eigenvalue weighted by Gasteiger charge is 2.38. The first-order valence-corrected chi connectivity index (χ1v) is 12.7. The first-order chi connectivity index (χ1) is 18.0. The molecular weight excluding hydrogens is 468 g/mol. The number of nitrogens with one attached hydrogen (secondary N) is 1. The number of amides is 2. The van der Waals surface area contributed by atoms with E-state index >= 15 is 0 Å². The van der Waals surface area contributed by atoms with Crippen LogP contribution in [0.2, 0.25) is 0 Å². The molecule has 3 aromatic carbocycles. The summed E-state index contributed by atoms with van der Waals surface area (Å²) in [5.74, 6) is -1.85. The van der Waals surface area contributed by atoms with Crippen LogP contribution in [-0.2, 0) is 20.9 Å². The molecule has 2 N–H and O–H groups in total. The second kappa shape index (κ2) is 10.9. The van der Waals surface area contributed by atoms with E-state index in [2.05, 4.69) is 29.6 Å². The van der Waals surface area contributed by atoms with Crippen molar-refractivity contribution in [1.29, 1.82) is 0 Å². The number of carboxylic acids is 1. The Hall–Kier alpha value is -4.13. The normalized spacial score (nSPS) is 18.1. The monoisotopic (exact) mass is 498 g/mol. The Kier molecular flexibility index (Phi) is 7.21. The minimum absolute atomic E-state index is 0.0453. The van der Waals surface area contributed by atoms with Crippen molar-refractivity contribution in [3.05, 3.63) is 95.6 Å². The minimum Gasteiger partial charge on any atom is -0.480 e. The van der Waals surface area contributed by atoms with Gasteiger partial charge in [0.05, 0.1) is 5.92 Å². The van der Waals surface area contributed by atoms with E-state index in [9.17, 15) is 19.5 Å². The number of alkyl carbamates (subject to hydrolysis) is 1. The zero-order valence-electron chi connectivity index (χ0n) is 20.5. The van der Waals surface area contributed by atoms with Crippen LogP contribution in [0, 0.1) is 5.92 Å². The van der Waals surface area contributed by atoms with Gasteiger partial charge in [-0.2, -0.15) is 0 Å². The first kappa shape index (κ1) is 24.6. The molecular formula is C30H30N2O5. The SMILES string of the molecule is O=C(O)CN(Cc1ccccc1)C(=O)C1CCCC1NC(=O)OCC1c2ccccc2-c2ccccc21. The van der Waals surface area contributed by atoms with E-state index in [1.54, 1.807) is 0 Å². The van der Waals surface area contributed by atoms with Crippen LogP contribution in [0.1, 0.15) is 41.9 Å². The lowest BCUT2D eigenvalue weighted by Gasteiger charge is -2.28. The van der Waals surface area contributed by atoms with Crippen LogP contribution < -0.4 is 5.32 Å². The molecule has 37 heavy (non-hydrogen) atoms. The Morgan fingerprint density at radius 2 is 1.49 bits per heavy atom. The van der Waals surface area contributed by atoms with Gasteiger partial charge in [-0.3, -0.25) is 9.59 Å². The maximum Gasteiger partial charge on any atom is 0.407 e. The first-order valence-electron chi connectivity index (χ1n) is 12.7. The molecule has 0 aliphatic heterocycles. The summed E-state index contributed by atoms with van der Waals surface area (Å²) in [6.45, 7) is 0.0202. The summed E-state index contributed by atoms with van der Waals surface area (Å²) in [6, 6.07) is 25.2. The highest BCUT2D eigenvalue weighted by Crippen LogP contribution is 2.44. The zero-order valence-corrected chi connectivity index (χ0v) is 20.5. The molecule has 0 saturated heterocycles. The van der Waals surface area contributed by atoms with E-state index in [1.807, 2.05) is 54.6 Å². The lowest BCUT2D eigenvalue weighted by atomic mass is 9.98. The van der Waals surface area contributed by atoms with Crippen molar-refractivity contribution >= 4 is 18.0 Å². The summed E-state index contributed by atoms with van der Waals surface area (Å²) < 4.78 is 5.68. The molecule has 3 aromatic rings. The minimum atomic E-state index is -1.07. The number of carboxylic acid groups (broad SMARTS) is 1. The number of fused-ring (bicyclic) bond motifs is 3. The van der Waals surface area contributed by atoms with Gasteiger partial charge in [0.1, 0.15) is 13.2 Å². The lowest BCUT2D eigenvalue weighted by molar-refractivity contribution is -0.147. The molecule has 1 saturated carbocycles. The van der Waals surface area contributed by atoms with Gasteiger partial charge in [0.2, 0.25) is 5.91 Å². The quantitative estimate of drug-likeness (QED) is 0.465.